The van der Waals surface area contributed by atoms with E-state index in [9.17, 15) is 4.79 Å². The van der Waals surface area contributed by atoms with Gasteiger partial charge in [0, 0.05) is 19.1 Å². The summed E-state index contributed by atoms with van der Waals surface area (Å²) in [5.41, 5.74) is 0. The Labute approximate surface area is 111 Å². The summed E-state index contributed by atoms with van der Waals surface area (Å²) < 4.78 is 0. The zero-order chi connectivity index (χ0) is 12.0. The summed E-state index contributed by atoms with van der Waals surface area (Å²) in [5, 5.41) is 6.19. The van der Waals surface area contributed by atoms with Crippen molar-refractivity contribution in [3.05, 3.63) is 0 Å². The summed E-state index contributed by atoms with van der Waals surface area (Å²) >= 11 is 0. The number of halogens is 1. The lowest BCUT2D eigenvalue weighted by Crippen LogP contribution is -2.44. The smallest absolute Gasteiger partial charge is 0.237 e. The van der Waals surface area contributed by atoms with Gasteiger partial charge in [-0.2, -0.15) is 0 Å². The lowest BCUT2D eigenvalue weighted by atomic mass is 10.2. The van der Waals surface area contributed by atoms with E-state index in [1.807, 2.05) is 0 Å². The first-order chi connectivity index (χ1) is 7.65. The van der Waals surface area contributed by atoms with Gasteiger partial charge in [-0.05, 0) is 39.8 Å². The number of likely N-dealkylation sites (N-methyl/N-ethyl adjacent to an activating group) is 1. The van der Waals surface area contributed by atoms with E-state index in [2.05, 4.69) is 36.4 Å². The molecule has 2 N–H and O–H groups in total. The first-order valence-corrected chi connectivity index (χ1v) is 6.36. The second-order valence-electron chi connectivity index (χ2n) is 4.68. The number of hydrogen-bond donors (Lipinski definition) is 2. The Kier molecular flexibility index (Phi) is 8.56. The number of rotatable bonds is 6. The van der Waals surface area contributed by atoms with E-state index in [-0.39, 0.29) is 24.4 Å². The SMILES string of the molecule is CCC(C)N(C)CCNC(=O)[C@@H]1CCCN1.Cl. The van der Waals surface area contributed by atoms with Crippen LogP contribution in [0, 0.1) is 0 Å². The fourth-order valence-electron chi connectivity index (χ4n) is 1.92. The van der Waals surface area contributed by atoms with Crippen LogP contribution in [0.3, 0.4) is 0 Å². The molecule has 0 saturated carbocycles. The zero-order valence-corrected chi connectivity index (χ0v) is 12.0. The van der Waals surface area contributed by atoms with E-state index in [0.29, 0.717) is 6.04 Å². The van der Waals surface area contributed by atoms with Crippen molar-refractivity contribution in [3.8, 4) is 0 Å². The Morgan fingerprint density at radius 3 is 2.82 bits per heavy atom. The summed E-state index contributed by atoms with van der Waals surface area (Å²) in [4.78, 5) is 14.0. The zero-order valence-electron chi connectivity index (χ0n) is 11.2. The van der Waals surface area contributed by atoms with Gasteiger partial charge < -0.3 is 15.5 Å². The second kappa shape index (κ2) is 8.72. The fourth-order valence-corrected chi connectivity index (χ4v) is 1.92. The van der Waals surface area contributed by atoms with Gasteiger partial charge in [0.1, 0.15) is 0 Å². The van der Waals surface area contributed by atoms with Gasteiger partial charge in [0.15, 0.2) is 0 Å². The molecular weight excluding hydrogens is 238 g/mol. The van der Waals surface area contributed by atoms with Crippen LogP contribution >= 0.6 is 12.4 Å². The largest absolute Gasteiger partial charge is 0.353 e. The molecule has 1 aliphatic rings. The molecule has 1 unspecified atom stereocenters. The number of hydrogen-bond acceptors (Lipinski definition) is 3. The first-order valence-electron chi connectivity index (χ1n) is 6.36. The molecule has 1 saturated heterocycles. The van der Waals surface area contributed by atoms with Gasteiger partial charge in [0.05, 0.1) is 6.04 Å². The Bertz CT molecular complexity index is 220. The maximum absolute atomic E-state index is 11.7. The molecule has 1 rings (SSSR count). The highest BCUT2D eigenvalue weighted by Gasteiger charge is 2.21. The Balaban J connectivity index is 0.00000256. The van der Waals surface area contributed by atoms with Crippen LogP contribution in [0.1, 0.15) is 33.1 Å². The van der Waals surface area contributed by atoms with Crippen LogP contribution in [0.5, 0.6) is 0 Å². The van der Waals surface area contributed by atoms with Crippen molar-refractivity contribution in [1.29, 1.82) is 0 Å². The van der Waals surface area contributed by atoms with Gasteiger partial charge in [0.2, 0.25) is 5.91 Å². The molecule has 4 nitrogen and oxygen atoms in total. The third-order valence-electron chi connectivity index (χ3n) is 3.48. The summed E-state index contributed by atoms with van der Waals surface area (Å²) in [6.45, 7) is 7.04. The normalized spacial score (nSPS) is 21.1. The monoisotopic (exact) mass is 263 g/mol. The molecule has 2 atom stereocenters. The van der Waals surface area contributed by atoms with E-state index in [1.165, 1.54) is 0 Å². The van der Waals surface area contributed by atoms with Crippen molar-refractivity contribution < 1.29 is 4.79 Å². The molecule has 0 radical (unpaired) electrons. The van der Waals surface area contributed by atoms with Crippen molar-refractivity contribution >= 4 is 18.3 Å². The lowest BCUT2D eigenvalue weighted by molar-refractivity contribution is -0.122. The minimum Gasteiger partial charge on any atom is -0.353 e. The third kappa shape index (κ3) is 5.70. The number of nitrogens with one attached hydrogen (secondary N) is 2. The molecule has 0 aromatic carbocycles. The molecule has 17 heavy (non-hydrogen) atoms. The molecular formula is C12H26ClN3O. The van der Waals surface area contributed by atoms with Crippen molar-refractivity contribution in [3.63, 3.8) is 0 Å². The molecule has 0 aromatic heterocycles. The van der Waals surface area contributed by atoms with E-state index >= 15 is 0 Å². The molecule has 1 heterocycles. The van der Waals surface area contributed by atoms with Gasteiger partial charge in [-0.25, -0.2) is 0 Å². The summed E-state index contributed by atoms with van der Waals surface area (Å²) in [6.07, 6.45) is 3.24. The quantitative estimate of drug-likeness (QED) is 0.752. The molecule has 1 aliphatic heterocycles. The Hall–Kier alpha value is -0.320. The van der Waals surface area contributed by atoms with Crippen LogP contribution in [-0.2, 0) is 4.79 Å². The number of nitrogens with zero attached hydrogens (tertiary/aromatic N) is 1. The Morgan fingerprint density at radius 1 is 1.59 bits per heavy atom. The van der Waals surface area contributed by atoms with Crippen LogP contribution < -0.4 is 10.6 Å². The highest BCUT2D eigenvalue weighted by molar-refractivity contribution is 5.85. The van der Waals surface area contributed by atoms with Crippen molar-refractivity contribution in [2.75, 3.05) is 26.7 Å². The molecule has 0 aromatic rings. The van der Waals surface area contributed by atoms with Crippen LogP contribution in [-0.4, -0.2) is 49.6 Å². The van der Waals surface area contributed by atoms with Gasteiger partial charge in [-0.15, -0.1) is 12.4 Å². The molecule has 1 fully saturated rings. The van der Waals surface area contributed by atoms with Gasteiger partial charge in [0.25, 0.3) is 0 Å². The molecule has 5 heteroatoms. The van der Waals surface area contributed by atoms with Crippen LogP contribution in [0.2, 0.25) is 0 Å². The number of carbonyl (C=O) groups is 1. The minimum absolute atomic E-state index is 0. The van der Waals surface area contributed by atoms with Gasteiger partial charge in [-0.3, -0.25) is 4.79 Å². The van der Waals surface area contributed by atoms with Gasteiger partial charge in [-0.1, -0.05) is 6.92 Å². The maximum atomic E-state index is 11.7. The van der Waals surface area contributed by atoms with Crippen LogP contribution in [0.4, 0.5) is 0 Å². The molecule has 0 aliphatic carbocycles. The minimum atomic E-state index is 0. The van der Waals surface area contributed by atoms with Crippen LogP contribution in [0.25, 0.3) is 0 Å². The molecule has 0 spiro atoms. The van der Waals surface area contributed by atoms with Crippen molar-refractivity contribution in [2.24, 2.45) is 0 Å². The van der Waals surface area contributed by atoms with Crippen molar-refractivity contribution in [2.45, 2.75) is 45.2 Å². The molecule has 1 amide bonds. The van der Waals surface area contributed by atoms with E-state index in [1.54, 1.807) is 0 Å². The molecule has 0 bridgehead atoms. The summed E-state index contributed by atoms with van der Waals surface area (Å²) in [5.74, 6) is 0.162. The fraction of sp³-hybridized carbons (Fsp3) is 0.917. The summed E-state index contributed by atoms with van der Waals surface area (Å²) in [7, 11) is 2.11. The third-order valence-corrected chi connectivity index (χ3v) is 3.48. The van der Waals surface area contributed by atoms with Gasteiger partial charge >= 0.3 is 0 Å². The van der Waals surface area contributed by atoms with E-state index in [0.717, 1.165) is 38.9 Å². The van der Waals surface area contributed by atoms with Crippen LogP contribution in [0.15, 0.2) is 0 Å². The lowest BCUT2D eigenvalue weighted by Gasteiger charge is -2.23. The standard InChI is InChI=1S/C12H25N3O.ClH/c1-4-10(2)15(3)9-8-14-12(16)11-6-5-7-13-11;/h10-11,13H,4-9H2,1-3H3,(H,14,16);1H/t10?,11-;/m0./s1. The van der Waals surface area contributed by atoms with E-state index in [4.69, 9.17) is 0 Å². The predicted molar refractivity (Wildman–Crippen MR) is 73.7 cm³/mol. The summed E-state index contributed by atoms with van der Waals surface area (Å²) in [6, 6.07) is 0.635. The van der Waals surface area contributed by atoms with Crippen molar-refractivity contribution in [1.82, 2.24) is 15.5 Å². The predicted octanol–water partition coefficient (Wildman–Crippen LogP) is 1.01. The average Bonchev–Trinajstić information content (AvgIpc) is 2.81. The topological polar surface area (TPSA) is 44.4 Å². The first kappa shape index (κ1) is 16.7. The average molecular weight is 264 g/mol. The molecule has 102 valence electrons. The highest BCUT2D eigenvalue weighted by atomic mass is 35.5. The Morgan fingerprint density at radius 2 is 2.29 bits per heavy atom. The number of carbonyl (C=O) groups excluding carboxylic acids is 1. The maximum Gasteiger partial charge on any atom is 0.237 e. The van der Waals surface area contributed by atoms with E-state index < -0.39 is 0 Å². The highest BCUT2D eigenvalue weighted by Crippen LogP contribution is 2.04. The second-order valence-corrected chi connectivity index (χ2v) is 4.68. The number of amides is 1.